The van der Waals surface area contributed by atoms with Crippen LogP contribution in [0.4, 0.5) is 0 Å². The first-order valence-electron chi connectivity index (χ1n) is 7.27. The van der Waals surface area contributed by atoms with Crippen LogP contribution in [0.15, 0.2) is 18.3 Å². The van der Waals surface area contributed by atoms with Gasteiger partial charge in [0.2, 0.25) is 5.91 Å². The number of amides is 1. The zero-order valence-corrected chi connectivity index (χ0v) is 11.3. The van der Waals surface area contributed by atoms with Gasteiger partial charge in [-0.2, -0.15) is 0 Å². The predicted octanol–water partition coefficient (Wildman–Crippen LogP) is 1.50. The van der Waals surface area contributed by atoms with Crippen LogP contribution in [0.1, 0.15) is 36.9 Å². The highest BCUT2D eigenvalue weighted by molar-refractivity contribution is 5.78. The minimum atomic E-state index is 0.224. The van der Waals surface area contributed by atoms with Crippen LogP contribution in [0, 0.1) is 0 Å². The third-order valence-corrected chi connectivity index (χ3v) is 4.21. The number of hydrogen-bond donors (Lipinski definition) is 1. The molecule has 1 saturated carbocycles. The molecule has 1 aromatic heterocycles. The molecule has 2 aliphatic rings. The maximum absolute atomic E-state index is 12.2. The average Bonchev–Trinajstić information content (AvgIpc) is 2.97. The van der Waals surface area contributed by atoms with Crippen LogP contribution >= 0.6 is 0 Å². The standard InChI is InChI=1S/C15H21N3O/c19-15(10-17-13-5-1-2-6-13)18-9-7-14-12(11-18)4-3-8-16-14/h3-4,8,13,17H,1-2,5-7,9-11H2. The molecular formula is C15H21N3O. The maximum Gasteiger partial charge on any atom is 0.236 e. The number of aromatic nitrogens is 1. The molecule has 0 bridgehead atoms. The first-order chi connectivity index (χ1) is 9.33. The van der Waals surface area contributed by atoms with Crippen LogP contribution in [-0.2, 0) is 17.8 Å². The number of rotatable bonds is 3. The summed E-state index contributed by atoms with van der Waals surface area (Å²) in [6, 6.07) is 4.58. The molecule has 1 aliphatic carbocycles. The molecule has 1 amide bonds. The molecule has 3 rings (SSSR count). The second kappa shape index (κ2) is 5.70. The van der Waals surface area contributed by atoms with Crippen molar-refractivity contribution in [1.29, 1.82) is 0 Å². The number of fused-ring (bicyclic) bond motifs is 1. The van der Waals surface area contributed by atoms with Gasteiger partial charge in [0.15, 0.2) is 0 Å². The SMILES string of the molecule is O=C(CNC1CCCC1)N1CCc2ncccc2C1. The van der Waals surface area contributed by atoms with Crippen molar-refractivity contribution in [2.45, 2.75) is 44.7 Å². The van der Waals surface area contributed by atoms with E-state index in [0.29, 0.717) is 19.1 Å². The largest absolute Gasteiger partial charge is 0.337 e. The van der Waals surface area contributed by atoms with Gasteiger partial charge in [0, 0.05) is 37.4 Å². The lowest BCUT2D eigenvalue weighted by molar-refractivity contribution is -0.131. The molecule has 0 saturated heterocycles. The minimum absolute atomic E-state index is 0.224. The molecule has 0 atom stereocenters. The van der Waals surface area contributed by atoms with E-state index in [1.807, 2.05) is 17.2 Å². The molecule has 4 heteroatoms. The number of pyridine rings is 1. The summed E-state index contributed by atoms with van der Waals surface area (Å²) in [5, 5.41) is 3.40. The smallest absolute Gasteiger partial charge is 0.236 e. The summed E-state index contributed by atoms with van der Waals surface area (Å²) >= 11 is 0. The highest BCUT2D eigenvalue weighted by Crippen LogP contribution is 2.18. The van der Waals surface area contributed by atoms with Gasteiger partial charge in [-0.1, -0.05) is 18.9 Å². The van der Waals surface area contributed by atoms with Gasteiger partial charge in [-0.15, -0.1) is 0 Å². The van der Waals surface area contributed by atoms with Gasteiger partial charge < -0.3 is 10.2 Å². The molecule has 1 aromatic rings. The normalized spacial score (nSPS) is 19.5. The third kappa shape index (κ3) is 2.95. The van der Waals surface area contributed by atoms with Crippen molar-refractivity contribution < 1.29 is 4.79 Å². The van der Waals surface area contributed by atoms with Crippen molar-refractivity contribution in [2.24, 2.45) is 0 Å². The van der Waals surface area contributed by atoms with Crippen LogP contribution in [0.5, 0.6) is 0 Å². The van der Waals surface area contributed by atoms with Crippen LogP contribution in [0.3, 0.4) is 0 Å². The highest BCUT2D eigenvalue weighted by atomic mass is 16.2. The summed E-state index contributed by atoms with van der Waals surface area (Å²) in [7, 11) is 0. The van der Waals surface area contributed by atoms with E-state index >= 15 is 0 Å². The highest BCUT2D eigenvalue weighted by Gasteiger charge is 2.22. The van der Waals surface area contributed by atoms with Crippen LogP contribution in [0.25, 0.3) is 0 Å². The Kier molecular flexibility index (Phi) is 3.78. The van der Waals surface area contributed by atoms with Crippen molar-refractivity contribution >= 4 is 5.91 Å². The van der Waals surface area contributed by atoms with E-state index in [1.54, 1.807) is 0 Å². The summed E-state index contributed by atoms with van der Waals surface area (Å²) < 4.78 is 0. The fourth-order valence-corrected chi connectivity index (χ4v) is 3.05. The first-order valence-corrected chi connectivity index (χ1v) is 7.27. The monoisotopic (exact) mass is 259 g/mol. The number of carbonyl (C=O) groups is 1. The maximum atomic E-state index is 12.2. The Morgan fingerprint density at radius 2 is 2.26 bits per heavy atom. The molecule has 19 heavy (non-hydrogen) atoms. The van der Waals surface area contributed by atoms with E-state index in [9.17, 15) is 4.79 Å². The molecule has 2 heterocycles. The molecule has 4 nitrogen and oxygen atoms in total. The lowest BCUT2D eigenvalue weighted by Gasteiger charge is -2.28. The molecule has 1 fully saturated rings. The number of carbonyl (C=O) groups excluding carboxylic acids is 1. The summed E-state index contributed by atoms with van der Waals surface area (Å²) in [5.41, 5.74) is 2.35. The van der Waals surface area contributed by atoms with Crippen molar-refractivity contribution in [1.82, 2.24) is 15.2 Å². The van der Waals surface area contributed by atoms with Gasteiger partial charge in [-0.05, 0) is 24.5 Å². The molecule has 1 aliphatic heterocycles. The molecule has 102 valence electrons. The lowest BCUT2D eigenvalue weighted by atomic mass is 10.1. The average molecular weight is 259 g/mol. The van der Waals surface area contributed by atoms with Gasteiger partial charge >= 0.3 is 0 Å². The Balaban J connectivity index is 1.54. The van der Waals surface area contributed by atoms with Gasteiger partial charge in [0.1, 0.15) is 0 Å². The van der Waals surface area contributed by atoms with Gasteiger partial charge in [-0.25, -0.2) is 0 Å². The Morgan fingerprint density at radius 3 is 3.11 bits per heavy atom. The molecule has 0 radical (unpaired) electrons. The van der Waals surface area contributed by atoms with Crippen LogP contribution < -0.4 is 5.32 Å². The lowest BCUT2D eigenvalue weighted by Crippen LogP contribution is -2.43. The quantitative estimate of drug-likeness (QED) is 0.894. The van der Waals surface area contributed by atoms with Gasteiger partial charge in [0.05, 0.1) is 6.54 Å². The second-order valence-electron chi connectivity index (χ2n) is 5.54. The van der Waals surface area contributed by atoms with E-state index in [1.165, 1.54) is 31.2 Å². The van der Waals surface area contributed by atoms with E-state index < -0.39 is 0 Å². The molecule has 0 unspecified atom stereocenters. The predicted molar refractivity (Wildman–Crippen MR) is 73.6 cm³/mol. The summed E-state index contributed by atoms with van der Waals surface area (Å²) in [5.74, 6) is 0.224. The first kappa shape index (κ1) is 12.6. The topological polar surface area (TPSA) is 45.2 Å². The number of nitrogens with zero attached hydrogens (tertiary/aromatic N) is 2. The van der Waals surface area contributed by atoms with E-state index in [4.69, 9.17) is 0 Å². The Bertz CT molecular complexity index is 454. The summed E-state index contributed by atoms with van der Waals surface area (Å²) in [6.45, 7) is 2.00. The fraction of sp³-hybridized carbons (Fsp3) is 0.600. The molecule has 0 aromatic carbocycles. The summed E-state index contributed by atoms with van der Waals surface area (Å²) in [6.07, 6.45) is 7.76. The summed E-state index contributed by atoms with van der Waals surface area (Å²) in [4.78, 5) is 18.5. The van der Waals surface area contributed by atoms with Gasteiger partial charge in [-0.3, -0.25) is 9.78 Å². The zero-order chi connectivity index (χ0) is 13.1. The molecular weight excluding hydrogens is 238 g/mol. The van der Waals surface area contributed by atoms with E-state index in [-0.39, 0.29) is 5.91 Å². The van der Waals surface area contributed by atoms with Crippen LogP contribution in [-0.4, -0.2) is 34.9 Å². The van der Waals surface area contributed by atoms with Crippen LogP contribution in [0.2, 0.25) is 0 Å². The van der Waals surface area contributed by atoms with Crippen molar-refractivity contribution in [3.05, 3.63) is 29.6 Å². The van der Waals surface area contributed by atoms with Crippen molar-refractivity contribution in [2.75, 3.05) is 13.1 Å². The Labute approximate surface area is 114 Å². The zero-order valence-electron chi connectivity index (χ0n) is 11.3. The number of hydrogen-bond acceptors (Lipinski definition) is 3. The van der Waals surface area contributed by atoms with Gasteiger partial charge in [0.25, 0.3) is 0 Å². The molecule has 0 spiro atoms. The third-order valence-electron chi connectivity index (χ3n) is 4.21. The van der Waals surface area contributed by atoms with E-state index in [0.717, 1.165) is 18.7 Å². The number of nitrogens with one attached hydrogen (secondary N) is 1. The second-order valence-corrected chi connectivity index (χ2v) is 5.54. The van der Waals surface area contributed by atoms with Crippen molar-refractivity contribution in [3.8, 4) is 0 Å². The van der Waals surface area contributed by atoms with Crippen molar-refractivity contribution in [3.63, 3.8) is 0 Å². The Hall–Kier alpha value is -1.42. The Morgan fingerprint density at radius 1 is 1.42 bits per heavy atom. The minimum Gasteiger partial charge on any atom is -0.337 e. The molecule has 1 N–H and O–H groups in total. The fourth-order valence-electron chi connectivity index (χ4n) is 3.05. The van der Waals surface area contributed by atoms with E-state index in [2.05, 4.69) is 16.4 Å².